The van der Waals surface area contributed by atoms with Gasteiger partial charge in [-0.2, -0.15) is 0 Å². The molecule has 1 aromatic carbocycles. The van der Waals surface area contributed by atoms with E-state index < -0.39 is 10.0 Å². The molecule has 21 heavy (non-hydrogen) atoms. The number of benzene rings is 1. The highest BCUT2D eigenvalue weighted by molar-refractivity contribution is 7.88. The lowest BCUT2D eigenvalue weighted by molar-refractivity contribution is -0.118. The van der Waals surface area contributed by atoms with Crippen molar-refractivity contribution in [3.8, 4) is 0 Å². The van der Waals surface area contributed by atoms with Crippen LogP contribution >= 0.6 is 0 Å². The van der Waals surface area contributed by atoms with Crippen molar-refractivity contribution in [3.63, 3.8) is 0 Å². The highest BCUT2D eigenvalue weighted by Crippen LogP contribution is 2.13. The number of amides is 1. The summed E-state index contributed by atoms with van der Waals surface area (Å²) < 4.78 is 24.5. The van der Waals surface area contributed by atoms with E-state index in [9.17, 15) is 13.2 Å². The molecule has 1 amide bonds. The molecule has 1 aromatic rings. The van der Waals surface area contributed by atoms with Crippen molar-refractivity contribution in [3.05, 3.63) is 29.8 Å². The molecule has 0 bridgehead atoms. The van der Waals surface area contributed by atoms with Crippen molar-refractivity contribution in [2.24, 2.45) is 0 Å². The van der Waals surface area contributed by atoms with E-state index in [4.69, 9.17) is 0 Å². The second kappa shape index (κ2) is 7.02. The molecule has 1 heterocycles. The Morgan fingerprint density at radius 1 is 1.29 bits per heavy atom. The Hall–Kier alpha value is -1.44. The number of rotatable bonds is 5. The van der Waals surface area contributed by atoms with Gasteiger partial charge in [0.2, 0.25) is 15.9 Å². The molecule has 1 saturated heterocycles. The number of carbonyl (C=O) groups is 1. The van der Waals surface area contributed by atoms with Crippen molar-refractivity contribution in [1.82, 2.24) is 10.0 Å². The highest BCUT2D eigenvalue weighted by atomic mass is 32.2. The van der Waals surface area contributed by atoms with E-state index in [1.807, 2.05) is 0 Å². The van der Waals surface area contributed by atoms with Gasteiger partial charge in [-0.05, 0) is 37.1 Å². The Balaban J connectivity index is 1.88. The SMILES string of the molecule is CS(=O)(=O)NCc1ccc(NC(=O)C2CCCCN2)cc1. The summed E-state index contributed by atoms with van der Waals surface area (Å²) in [6.45, 7) is 1.13. The average Bonchev–Trinajstić information content (AvgIpc) is 2.46. The van der Waals surface area contributed by atoms with Crippen LogP contribution in [0, 0.1) is 0 Å². The minimum atomic E-state index is -3.19. The van der Waals surface area contributed by atoms with E-state index in [1.54, 1.807) is 24.3 Å². The van der Waals surface area contributed by atoms with Crippen LogP contribution in [0.25, 0.3) is 0 Å². The number of carbonyl (C=O) groups excluding carboxylic acids is 1. The zero-order valence-corrected chi connectivity index (χ0v) is 12.9. The molecule has 1 fully saturated rings. The maximum atomic E-state index is 12.0. The van der Waals surface area contributed by atoms with Crippen molar-refractivity contribution in [2.45, 2.75) is 31.8 Å². The van der Waals surface area contributed by atoms with Crippen molar-refractivity contribution < 1.29 is 13.2 Å². The fourth-order valence-electron chi connectivity index (χ4n) is 2.23. The Morgan fingerprint density at radius 2 is 2.00 bits per heavy atom. The van der Waals surface area contributed by atoms with E-state index in [2.05, 4.69) is 15.4 Å². The lowest BCUT2D eigenvalue weighted by Gasteiger charge is -2.22. The van der Waals surface area contributed by atoms with Gasteiger partial charge in [0.1, 0.15) is 0 Å². The second-order valence-electron chi connectivity index (χ2n) is 5.28. The molecule has 1 unspecified atom stereocenters. The van der Waals surface area contributed by atoms with E-state index in [1.165, 1.54) is 0 Å². The standard InChI is InChI=1S/C14H21N3O3S/c1-21(19,20)16-10-11-5-7-12(8-6-11)17-14(18)13-4-2-3-9-15-13/h5-8,13,15-16H,2-4,9-10H2,1H3,(H,17,18). The number of sulfonamides is 1. The Bertz CT molecular complexity index is 578. The molecule has 0 spiro atoms. The highest BCUT2D eigenvalue weighted by Gasteiger charge is 2.20. The minimum absolute atomic E-state index is 0.0169. The first-order valence-corrected chi connectivity index (χ1v) is 8.91. The summed E-state index contributed by atoms with van der Waals surface area (Å²) in [6.07, 6.45) is 4.17. The van der Waals surface area contributed by atoms with Crippen LogP contribution in [0.4, 0.5) is 5.69 Å². The fraction of sp³-hybridized carbons (Fsp3) is 0.500. The van der Waals surface area contributed by atoms with Gasteiger partial charge in [0.15, 0.2) is 0 Å². The van der Waals surface area contributed by atoms with Gasteiger partial charge in [-0.3, -0.25) is 4.79 Å². The molecule has 0 aliphatic carbocycles. The molecule has 2 rings (SSSR count). The Labute approximate surface area is 125 Å². The zero-order chi connectivity index (χ0) is 15.3. The smallest absolute Gasteiger partial charge is 0.241 e. The molecule has 1 aliphatic heterocycles. The van der Waals surface area contributed by atoms with Crippen LogP contribution in [-0.4, -0.2) is 33.2 Å². The topological polar surface area (TPSA) is 87.3 Å². The summed E-state index contributed by atoms with van der Waals surface area (Å²) in [5.74, 6) is -0.0169. The molecule has 0 saturated carbocycles. The van der Waals surface area contributed by atoms with Crippen LogP contribution in [0.5, 0.6) is 0 Å². The van der Waals surface area contributed by atoms with Gasteiger partial charge in [0.05, 0.1) is 12.3 Å². The second-order valence-corrected chi connectivity index (χ2v) is 7.11. The monoisotopic (exact) mass is 311 g/mol. The summed E-state index contributed by atoms with van der Waals surface area (Å²) in [4.78, 5) is 12.0. The van der Waals surface area contributed by atoms with E-state index >= 15 is 0 Å². The number of hydrogen-bond donors (Lipinski definition) is 3. The van der Waals surface area contributed by atoms with Gasteiger partial charge < -0.3 is 10.6 Å². The number of piperidine rings is 1. The van der Waals surface area contributed by atoms with Gasteiger partial charge in [-0.15, -0.1) is 0 Å². The third kappa shape index (κ3) is 5.45. The maximum absolute atomic E-state index is 12.0. The van der Waals surface area contributed by atoms with Crippen LogP contribution in [0.3, 0.4) is 0 Å². The molecule has 3 N–H and O–H groups in total. The van der Waals surface area contributed by atoms with Crippen LogP contribution in [-0.2, 0) is 21.4 Å². The largest absolute Gasteiger partial charge is 0.325 e. The maximum Gasteiger partial charge on any atom is 0.241 e. The van der Waals surface area contributed by atoms with E-state index in [-0.39, 0.29) is 18.5 Å². The van der Waals surface area contributed by atoms with Gasteiger partial charge >= 0.3 is 0 Å². The molecule has 0 radical (unpaired) electrons. The zero-order valence-electron chi connectivity index (χ0n) is 12.1. The molecule has 116 valence electrons. The predicted octanol–water partition coefficient (Wildman–Crippen LogP) is 0.816. The molecular weight excluding hydrogens is 290 g/mol. The molecule has 1 atom stereocenters. The van der Waals surface area contributed by atoms with Crippen LogP contribution < -0.4 is 15.4 Å². The quantitative estimate of drug-likeness (QED) is 0.751. The molecular formula is C14H21N3O3S. The van der Waals surface area contributed by atoms with Crippen LogP contribution in [0.2, 0.25) is 0 Å². The summed E-state index contributed by atoms with van der Waals surface area (Å²) >= 11 is 0. The van der Waals surface area contributed by atoms with Gasteiger partial charge in [-0.25, -0.2) is 13.1 Å². The van der Waals surface area contributed by atoms with Gasteiger partial charge in [0.25, 0.3) is 0 Å². The molecule has 7 heteroatoms. The van der Waals surface area contributed by atoms with Crippen LogP contribution in [0.15, 0.2) is 24.3 Å². The van der Waals surface area contributed by atoms with E-state index in [0.717, 1.165) is 43.3 Å². The summed E-state index contributed by atoms with van der Waals surface area (Å²) in [5.41, 5.74) is 1.56. The van der Waals surface area contributed by atoms with E-state index in [0.29, 0.717) is 0 Å². The fourth-order valence-corrected chi connectivity index (χ4v) is 2.65. The summed E-state index contributed by atoms with van der Waals surface area (Å²) in [5, 5.41) is 6.07. The van der Waals surface area contributed by atoms with Crippen molar-refractivity contribution >= 4 is 21.6 Å². The third-order valence-electron chi connectivity index (χ3n) is 3.39. The van der Waals surface area contributed by atoms with Crippen LogP contribution in [0.1, 0.15) is 24.8 Å². The first kappa shape index (κ1) is 15.9. The summed E-state index contributed by atoms with van der Waals surface area (Å²) in [7, 11) is -3.19. The predicted molar refractivity (Wildman–Crippen MR) is 82.4 cm³/mol. The lowest BCUT2D eigenvalue weighted by Crippen LogP contribution is -2.43. The molecule has 0 aromatic heterocycles. The molecule has 6 nitrogen and oxygen atoms in total. The number of hydrogen-bond acceptors (Lipinski definition) is 4. The first-order chi connectivity index (χ1) is 9.94. The summed E-state index contributed by atoms with van der Waals surface area (Å²) in [6, 6.07) is 7.02. The average molecular weight is 311 g/mol. The van der Waals surface area contributed by atoms with Gasteiger partial charge in [0, 0.05) is 12.2 Å². The third-order valence-corrected chi connectivity index (χ3v) is 4.06. The minimum Gasteiger partial charge on any atom is -0.325 e. The number of anilines is 1. The number of nitrogens with one attached hydrogen (secondary N) is 3. The van der Waals surface area contributed by atoms with Crippen molar-refractivity contribution in [1.29, 1.82) is 0 Å². The Morgan fingerprint density at radius 3 is 2.57 bits per heavy atom. The normalized spacial score (nSPS) is 19.2. The Kier molecular flexibility index (Phi) is 5.33. The molecule has 1 aliphatic rings. The lowest BCUT2D eigenvalue weighted by atomic mass is 10.0. The van der Waals surface area contributed by atoms with Gasteiger partial charge in [-0.1, -0.05) is 18.6 Å². The van der Waals surface area contributed by atoms with Crippen molar-refractivity contribution in [2.75, 3.05) is 18.1 Å². The first-order valence-electron chi connectivity index (χ1n) is 7.02.